The lowest BCUT2D eigenvalue weighted by atomic mass is 9.74. The van der Waals surface area contributed by atoms with Crippen molar-refractivity contribution in [3.05, 3.63) is 93.0 Å². The average molecular weight is 636 g/mol. The Hall–Kier alpha value is -5.33. The molecule has 3 aromatic rings. The number of hydrogen-bond acceptors (Lipinski definition) is 6. The second kappa shape index (κ2) is 10.4. The van der Waals surface area contributed by atoms with Gasteiger partial charge in [0.25, 0.3) is 23.6 Å². The molecular formula is C33H28F3N3O7. The fraction of sp³-hybridized carbons (Fsp3) is 0.273. The standard InChI is InChI=1S/C33H28F3N3O7/c1-15-11-16(29(44)45)12-23(24(15)37-30(46)31(2,3)4)39-27(42)20-10-8-18(14-22(20)28(39)43)32(5,33(34,35)36)17-7-9-19-21(13-17)26(41)38(6)25(19)40/h7-14H,1-6H3,(H,37,46)(H,44,45). The molecule has 0 bridgehead atoms. The SMILES string of the molecule is Cc1cc(C(=O)O)cc(N2C(=O)c3ccc(C(C)(c4ccc5c(c4)C(=O)N(C)C5=O)C(F)(F)F)cc3C2=O)c1NC(=O)C(C)(C)C. The first-order valence-corrected chi connectivity index (χ1v) is 14.0. The number of amides is 5. The van der Waals surface area contributed by atoms with E-state index in [4.69, 9.17) is 0 Å². The van der Waals surface area contributed by atoms with Gasteiger partial charge in [0.05, 0.1) is 39.2 Å². The van der Waals surface area contributed by atoms with E-state index in [0.29, 0.717) is 4.90 Å². The van der Waals surface area contributed by atoms with Gasteiger partial charge in [0.1, 0.15) is 5.41 Å². The number of alkyl halides is 3. The largest absolute Gasteiger partial charge is 0.478 e. The van der Waals surface area contributed by atoms with E-state index >= 15 is 0 Å². The molecule has 2 heterocycles. The number of anilines is 2. The molecule has 10 nitrogen and oxygen atoms in total. The molecule has 2 aliphatic rings. The molecular weight excluding hydrogens is 607 g/mol. The molecule has 2 aliphatic heterocycles. The van der Waals surface area contributed by atoms with Crippen LogP contribution in [0.1, 0.15) is 96.2 Å². The van der Waals surface area contributed by atoms with Crippen molar-refractivity contribution >= 4 is 46.9 Å². The number of benzene rings is 3. The van der Waals surface area contributed by atoms with Crippen LogP contribution >= 0.6 is 0 Å². The summed E-state index contributed by atoms with van der Waals surface area (Å²) in [7, 11) is 1.22. The zero-order chi connectivity index (χ0) is 34.3. The summed E-state index contributed by atoms with van der Waals surface area (Å²) in [6, 6.07) is 8.60. The third kappa shape index (κ3) is 4.73. The molecule has 0 aromatic heterocycles. The highest BCUT2D eigenvalue weighted by atomic mass is 19.4. The van der Waals surface area contributed by atoms with Crippen LogP contribution in [0.2, 0.25) is 0 Å². The summed E-state index contributed by atoms with van der Waals surface area (Å²) in [5.74, 6) is -5.25. The van der Waals surface area contributed by atoms with E-state index in [0.717, 1.165) is 54.3 Å². The molecule has 0 radical (unpaired) electrons. The van der Waals surface area contributed by atoms with Crippen LogP contribution in [0.4, 0.5) is 24.5 Å². The van der Waals surface area contributed by atoms with E-state index in [2.05, 4.69) is 5.32 Å². The van der Waals surface area contributed by atoms with E-state index in [1.165, 1.54) is 20.0 Å². The van der Waals surface area contributed by atoms with Crippen molar-refractivity contribution in [1.82, 2.24) is 4.90 Å². The van der Waals surface area contributed by atoms with Crippen LogP contribution in [-0.4, -0.2) is 58.7 Å². The zero-order valence-corrected chi connectivity index (χ0v) is 25.5. The van der Waals surface area contributed by atoms with Gasteiger partial charge in [0.15, 0.2) is 0 Å². The molecule has 13 heteroatoms. The summed E-state index contributed by atoms with van der Waals surface area (Å²) < 4.78 is 44.9. The highest BCUT2D eigenvalue weighted by Gasteiger charge is 2.55. The maximum Gasteiger partial charge on any atom is 0.402 e. The van der Waals surface area contributed by atoms with Crippen LogP contribution in [0.15, 0.2) is 48.5 Å². The monoisotopic (exact) mass is 635 g/mol. The van der Waals surface area contributed by atoms with Crippen LogP contribution in [0, 0.1) is 12.3 Å². The second-order valence-corrected chi connectivity index (χ2v) is 12.5. The molecule has 0 aliphatic carbocycles. The van der Waals surface area contributed by atoms with Crippen molar-refractivity contribution in [2.75, 3.05) is 17.3 Å². The number of halogens is 3. The summed E-state index contributed by atoms with van der Waals surface area (Å²) >= 11 is 0. The number of carbonyl (C=O) groups is 6. The molecule has 5 amide bonds. The summed E-state index contributed by atoms with van der Waals surface area (Å²) in [6.07, 6.45) is -4.98. The van der Waals surface area contributed by atoms with Crippen LogP contribution in [0.5, 0.6) is 0 Å². The van der Waals surface area contributed by atoms with Gasteiger partial charge in [-0.2, -0.15) is 13.2 Å². The predicted molar refractivity (Wildman–Crippen MR) is 159 cm³/mol. The van der Waals surface area contributed by atoms with E-state index < -0.39 is 58.1 Å². The van der Waals surface area contributed by atoms with Crippen molar-refractivity contribution in [2.45, 2.75) is 46.2 Å². The minimum atomic E-state index is -4.98. The van der Waals surface area contributed by atoms with Crippen molar-refractivity contribution in [3.63, 3.8) is 0 Å². The minimum Gasteiger partial charge on any atom is -0.478 e. The van der Waals surface area contributed by atoms with Crippen molar-refractivity contribution in [1.29, 1.82) is 0 Å². The molecule has 0 saturated heterocycles. The molecule has 46 heavy (non-hydrogen) atoms. The topological polar surface area (TPSA) is 141 Å². The van der Waals surface area contributed by atoms with E-state index in [1.54, 1.807) is 20.8 Å². The second-order valence-electron chi connectivity index (χ2n) is 12.5. The summed E-state index contributed by atoms with van der Waals surface area (Å²) in [4.78, 5) is 78.6. The van der Waals surface area contributed by atoms with E-state index in [-0.39, 0.29) is 50.3 Å². The summed E-state index contributed by atoms with van der Waals surface area (Å²) in [5, 5.41) is 12.3. The Bertz CT molecular complexity index is 1930. The molecule has 0 saturated carbocycles. The Morgan fingerprint density at radius 1 is 0.739 bits per heavy atom. The predicted octanol–water partition coefficient (Wildman–Crippen LogP) is 5.57. The van der Waals surface area contributed by atoms with Gasteiger partial charge < -0.3 is 10.4 Å². The van der Waals surface area contributed by atoms with E-state index in [1.807, 2.05) is 0 Å². The van der Waals surface area contributed by atoms with Gasteiger partial charge in [0, 0.05) is 12.5 Å². The highest BCUT2D eigenvalue weighted by Crippen LogP contribution is 2.48. The Labute approximate surface area is 260 Å². The Balaban J connectivity index is 1.65. The molecule has 238 valence electrons. The third-order valence-electron chi connectivity index (χ3n) is 8.42. The number of nitrogens with zero attached hydrogens (tertiary/aromatic N) is 2. The smallest absolute Gasteiger partial charge is 0.402 e. The number of carboxylic acid groups (broad SMARTS) is 1. The lowest BCUT2D eigenvalue weighted by molar-refractivity contribution is -0.173. The molecule has 0 spiro atoms. The number of hydrogen-bond donors (Lipinski definition) is 2. The maximum atomic E-state index is 15.0. The maximum absolute atomic E-state index is 15.0. The van der Waals surface area contributed by atoms with Gasteiger partial charge in [-0.3, -0.25) is 28.9 Å². The number of rotatable bonds is 5. The fourth-order valence-electron chi connectivity index (χ4n) is 5.47. The average Bonchev–Trinajstić information content (AvgIpc) is 3.35. The van der Waals surface area contributed by atoms with Crippen LogP contribution in [0.25, 0.3) is 0 Å². The number of aromatic carboxylic acids is 1. The molecule has 3 aromatic carbocycles. The number of nitrogens with one attached hydrogen (secondary N) is 1. The first kappa shape index (κ1) is 32.1. The molecule has 0 fully saturated rings. The zero-order valence-electron chi connectivity index (χ0n) is 25.5. The Morgan fingerprint density at radius 3 is 1.72 bits per heavy atom. The van der Waals surface area contributed by atoms with Crippen molar-refractivity contribution in [2.24, 2.45) is 5.41 Å². The Kier molecular flexibility index (Phi) is 7.22. The number of imide groups is 2. The number of fused-ring (bicyclic) bond motifs is 2. The van der Waals surface area contributed by atoms with Crippen LogP contribution in [-0.2, 0) is 10.2 Å². The summed E-state index contributed by atoms with van der Waals surface area (Å²) in [6.45, 7) is 7.21. The molecule has 1 unspecified atom stereocenters. The van der Waals surface area contributed by atoms with Gasteiger partial charge in [0.2, 0.25) is 5.91 Å². The summed E-state index contributed by atoms with van der Waals surface area (Å²) in [5.41, 5.74) is -5.71. The van der Waals surface area contributed by atoms with Crippen molar-refractivity contribution < 1.29 is 47.0 Å². The van der Waals surface area contributed by atoms with Gasteiger partial charge in [-0.1, -0.05) is 32.9 Å². The molecule has 1 atom stereocenters. The van der Waals surface area contributed by atoms with Crippen molar-refractivity contribution in [3.8, 4) is 0 Å². The molecule has 5 rings (SSSR count). The van der Waals surface area contributed by atoms with Gasteiger partial charge >= 0.3 is 12.1 Å². The number of carbonyl (C=O) groups excluding carboxylic acids is 5. The normalized spacial score (nSPS) is 16.0. The lowest BCUT2D eigenvalue weighted by Crippen LogP contribution is -2.41. The first-order valence-electron chi connectivity index (χ1n) is 14.0. The van der Waals surface area contributed by atoms with Crippen LogP contribution in [0.3, 0.4) is 0 Å². The number of carboxylic acids is 1. The quantitative estimate of drug-likeness (QED) is 0.349. The first-order chi connectivity index (χ1) is 21.2. The fourth-order valence-corrected chi connectivity index (χ4v) is 5.47. The van der Waals surface area contributed by atoms with Gasteiger partial charge in [-0.05, 0) is 66.9 Å². The third-order valence-corrected chi connectivity index (χ3v) is 8.42. The van der Waals surface area contributed by atoms with E-state index in [9.17, 15) is 47.0 Å². The number of aryl methyl sites for hydroxylation is 1. The van der Waals surface area contributed by atoms with Gasteiger partial charge in [-0.25, -0.2) is 9.69 Å². The Morgan fingerprint density at radius 2 is 1.22 bits per heavy atom. The minimum absolute atomic E-state index is 0.0119. The van der Waals surface area contributed by atoms with Crippen LogP contribution < -0.4 is 10.2 Å². The molecule has 2 N–H and O–H groups in total. The van der Waals surface area contributed by atoms with Gasteiger partial charge in [-0.15, -0.1) is 0 Å². The highest BCUT2D eigenvalue weighted by molar-refractivity contribution is 6.35. The lowest BCUT2D eigenvalue weighted by Gasteiger charge is -2.33.